The van der Waals surface area contributed by atoms with Gasteiger partial charge in [-0.2, -0.15) is 0 Å². The number of aliphatic imine (C=N–C) groups is 1. The number of anilines is 8. The molecule has 10 aromatic carbocycles. The van der Waals surface area contributed by atoms with Crippen LogP contribution in [0.2, 0.25) is 0 Å². The second kappa shape index (κ2) is 44.5. The monoisotopic (exact) mass is 1990 g/mol. The summed E-state index contributed by atoms with van der Waals surface area (Å²) in [7, 11) is 19.0. The van der Waals surface area contributed by atoms with Gasteiger partial charge in [0.1, 0.15) is 121 Å². The number of methoxy groups -OCH3 is 10. The van der Waals surface area contributed by atoms with Crippen LogP contribution in [0.15, 0.2) is 272 Å². The lowest BCUT2D eigenvalue weighted by Crippen LogP contribution is -2.50. The van der Waals surface area contributed by atoms with Crippen molar-refractivity contribution in [1.29, 1.82) is 16.2 Å². The highest BCUT2D eigenvalue weighted by Crippen LogP contribution is 2.47. The van der Waals surface area contributed by atoms with E-state index in [1.807, 2.05) is 97.1 Å². The summed E-state index contributed by atoms with van der Waals surface area (Å²) in [6, 6.07) is 63.3. The van der Waals surface area contributed by atoms with E-state index in [2.05, 4.69) is 46.2 Å². The fourth-order valence-electron chi connectivity index (χ4n) is 19.0. The molecule has 8 aliphatic rings. The average molecular weight is 1990 g/mol. The first kappa shape index (κ1) is 102. The van der Waals surface area contributed by atoms with Crippen LogP contribution in [0, 0.1) is 16.2 Å². The van der Waals surface area contributed by atoms with Crippen LogP contribution in [0.1, 0.15) is 60.9 Å². The van der Waals surface area contributed by atoms with Crippen LogP contribution in [0.4, 0.5) is 45.5 Å². The Morgan fingerprint density at radius 3 is 1.16 bits per heavy atom. The molecule has 37 nitrogen and oxygen atoms in total. The number of Topliss-reactive ketones (excluding diaryl/α,β-unsaturated/α-hetero) is 4. The maximum Gasteiger partial charge on any atom is 0.259 e. The molecule has 147 heavy (non-hydrogen) atoms. The number of aliphatic hydroxyl groups excluding tert-OH is 3. The Balaban J connectivity index is 0.000000131. The first-order chi connectivity index (χ1) is 71.2. The van der Waals surface area contributed by atoms with Gasteiger partial charge in [0.05, 0.1) is 169 Å². The van der Waals surface area contributed by atoms with Gasteiger partial charge in [-0.05, 0) is 98.3 Å². The normalized spacial score (nSPS) is 18.7. The second-order valence-electron chi connectivity index (χ2n) is 35.0. The summed E-state index contributed by atoms with van der Waals surface area (Å²) < 4.78 is 53.6. The number of benzene rings is 10. The van der Waals surface area contributed by atoms with E-state index in [9.17, 15) is 44.1 Å². The Hall–Kier alpha value is -17.6. The molecule has 37 heteroatoms. The zero-order valence-corrected chi connectivity index (χ0v) is 83.4. The van der Waals surface area contributed by atoms with E-state index >= 15 is 0 Å². The van der Waals surface area contributed by atoms with Crippen molar-refractivity contribution in [2.45, 2.75) is 69.5 Å². The standard InChI is InChI=1S/C24H28N4O3.C23H25N3O4.C22H23N3O4.C21H20N4O4.C20H18N4O4/c1-30-17-12-16(13-18(14-17)31-2)28-21(9-5-6-10-25)23(29)22(24(28)26)20-11-15-7-3-4-8-19(15)27-20;1-23(13-27)21(28)20(19-9-14-7-5-6-8-18(14)25-19)22(24-2)26(23)15-10-16(29-3)12-17(11-15)30-4;1-28-15-10-14(11-16(12-15)29-2)25-19(7-8-26)21(27)20(22(25)23)18-9-13-5-3-4-6-17(13)24-18;1-22-20-18(19-23-16-7-5-4-6-15(16)21(27)24-19)17(26)11-25(20)12-8-13(28-2)10-14(9-12)29-3;1-27-12-7-11(8-13(9-12)28-2)24-10-16(25)17(18(24)21)19-22-15-6-4-3-5-14(15)20(26)23-19/h3-4,7-8,12-14,21,26-27H,5-6,9-11,25H2,1-2H3;5-8,10-12,25,27H,9,13H2,1-4H3;3-6,10-12,19,23-24,26H,7-9H2,1-2H3;4-10,22H,11H2,1-3H3,(H,23,24,27);3-9,21,25H,10H2,1-2H3,(H,22,23,26). The predicted molar refractivity (Wildman–Crippen MR) is 567 cm³/mol. The van der Waals surface area contributed by atoms with E-state index < -0.39 is 17.6 Å². The number of unbranched alkanes of at least 4 members (excludes halogenated alkanes) is 1. The van der Waals surface area contributed by atoms with Crippen LogP contribution in [-0.2, 0) is 38.4 Å². The van der Waals surface area contributed by atoms with Gasteiger partial charge < -0.3 is 124 Å². The number of ether oxygens (including phenoxy) is 10. The minimum absolute atomic E-state index is 0.0197. The number of fused-ring (bicyclic) bond motifs is 5. The number of amidine groups is 4. The molecule has 0 amide bonds. The Labute approximate surface area is 846 Å². The molecule has 3 unspecified atom stereocenters. The minimum atomic E-state index is -1.20. The van der Waals surface area contributed by atoms with Gasteiger partial charge in [0.2, 0.25) is 0 Å². The van der Waals surface area contributed by atoms with Crippen molar-refractivity contribution in [1.82, 2.24) is 25.3 Å². The Bertz CT molecular complexity index is 7360. The lowest BCUT2D eigenvalue weighted by Gasteiger charge is -2.33. The molecule has 0 aliphatic carbocycles. The molecule has 758 valence electrons. The Kier molecular flexibility index (Phi) is 31.0. The molecule has 10 heterocycles. The summed E-state index contributed by atoms with van der Waals surface area (Å²) in [6.45, 7) is 1.95. The molecule has 3 saturated heterocycles. The summed E-state index contributed by atoms with van der Waals surface area (Å²) in [5, 5.41) is 70.8. The van der Waals surface area contributed by atoms with Crippen molar-refractivity contribution >= 4 is 125 Å². The van der Waals surface area contributed by atoms with Crippen LogP contribution in [0.3, 0.4) is 0 Å². The molecule has 14 N–H and O–H groups in total. The number of allylic oxidation sites excluding steroid dienone is 3. The number of rotatable bonds is 25. The molecule has 12 aromatic rings. The topological polar surface area (TPSA) is 487 Å². The Morgan fingerprint density at radius 2 is 0.789 bits per heavy atom. The third-order valence-corrected chi connectivity index (χ3v) is 26.3. The molecule has 0 spiro atoms. The number of aromatic amines is 2. The highest BCUT2D eigenvalue weighted by atomic mass is 16.5. The molecule has 0 saturated carbocycles. The van der Waals surface area contributed by atoms with E-state index in [1.165, 1.54) is 0 Å². The third-order valence-electron chi connectivity index (χ3n) is 26.3. The summed E-state index contributed by atoms with van der Waals surface area (Å²) in [6.07, 6.45) is 4.29. The fraction of sp³-hybridized carbons (Fsp3) is 0.255. The third kappa shape index (κ3) is 20.5. The van der Waals surface area contributed by atoms with Gasteiger partial charge in [-0.25, -0.2) is 9.97 Å². The summed E-state index contributed by atoms with van der Waals surface area (Å²) in [5.41, 5.74) is 18.6. The smallest absolute Gasteiger partial charge is 0.259 e. The van der Waals surface area contributed by atoms with Gasteiger partial charge in [-0.15, -0.1) is 0 Å². The van der Waals surface area contributed by atoms with E-state index in [-0.39, 0.29) is 107 Å². The van der Waals surface area contributed by atoms with Crippen molar-refractivity contribution in [2.75, 3.05) is 158 Å². The number of carbonyl (C=O) groups is 4. The molecule has 0 bridgehead atoms. The minimum Gasteiger partial charge on any atom is -0.509 e. The van der Waals surface area contributed by atoms with E-state index in [4.69, 9.17) is 69.3 Å². The number of H-pyrrole nitrogens is 2. The number of aromatic nitrogens is 4. The first-order valence-corrected chi connectivity index (χ1v) is 47.2. The highest BCUT2D eigenvalue weighted by Gasteiger charge is 2.54. The van der Waals surface area contributed by atoms with Gasteiger partial charge in [-0.3, -0.25) is 50.0 Å². The van der Waals surface area contributed by atoms with Crippen LogP contribution >= 0.6 is 0 Å². The molecule has 20 rings (SSSR count). The number of aliphatic hydroxyl groups is 3. The Morgan fingerprint density at radius 1 is 0.435 bits per heavy atom. The molecule has 3 fully saturated rings. The first-order valence-electron chi connectivity index (χ1n) is 47.2. The van der Waals surface area contributed by atoms with Crippen LogP contribution in [0.5, 0.6) is 57.5 Å². The lowest BCUT2D eigenvalue weighted by atomic mass is 9.94. The number of ketones is 4. The highest BCUT2D eigenvalue weighted by molar-refractivity contribution is 6.39. The van der Waals surface area contributed by atoms with Crippen molar-refractivity contribution < 1.29 is 81.9 Å². The quantitative estimate of drug-likeness (QED) is 0.0187. The van der Waals surface area contributed by atoms with Gasteiger partial charge in [-0.1, -0.05) is 78.9 Å². The summed E-state index contributed by atoms with van der Waals surface area (Å²) >= 11 is 0. The van der Waals surface area contributed by atoms with E-state index in [0.717, 1.165) is 69.4 Å². The molecule has 0 radical (unpaired) electrons. The summed E-state index contributed by atoms with van der Waals surface area (Å²) in [4.78, 5) is 106. The average Bonchev–Trinajstić information content (AvgIpc) is 1.57. The number of nitrogens with zero attached hydrogens (tertiary/aromatic N) is 8. The van der Waals surface area contributed by atoms with E-state index in [1.54, 1.807) is 232 Å². The molecule has 2 aromatic heterocycles. The molecule has 3 atom stereocenters. The fourth-order valence-corrected chi connectivity index (χ4v) is 19.0. The molecular weight excluding hydrogens is 1880 g/mol. The molecule has 8 aliphatic heterocycles. The van der Waals surface area contributed by atoms with Gasteiger partial charge in [0.15, 0.2) is 23.1 Å². The molecular formula is C110H114N18O19. The number of nitrogens with one attached hydrogen (secondary N) is 9. The number of nitrogens with two attached hydrogens (primary N) is 1. The van der Waals surface area contributed by atoms with Crippen molar-refractivity contribution in [2.24, 2.45) is 10.7 Å². The van der Waals surface area contributed by atoms with Gasteiger partial charge >= 0.3 is 0 Å². The second-order valence-corrected chi connectivity index (χ2v) is 35.0. The zero-order valence-electron chi connectivity index (χ0n) is 83.4. The SMILES string of the molecule is CN=C1C(=C2Cc3ccccc3N2)C(=O)C(C)(CO)N1c1cc(OC)cc(OC)c1.CNC1=C(c2nc3ccccc3c(=O)[nH]2)C(=O)CN1c1cc(OC)cc(OC)c1.COc1cc(OC)cc(N2C(=N)C(=C3Cc4ccccc4N3)C(=O)C2CCCCN)c1.COc1cc(OC)cc(N2C(=N)C(=C3Cc4ccccc4N3)C(=O)C2CCO)c1.COc1cc(OC)cc(N2CC(O)=C(c3nc4ccccc4c(=O)[nH]3)C2=N)c1. The van der Waals surface area contributed by atoms with Gasteiger partial charge in [0, 0.05) is 165 Å². The predicted octanol–water partition coefficient (Wildman–Crippen LogP) is 13.7. The van der Waals surface area contributed by atoms with Crippen molar-refractivity contribution in [3.05, 3.63) is 307 Å². The summed E-state index contributed by atoms with van der Waals surface area (Å²) in [5.74, 6) is 7.05. The van der Waals surface area contributed by atoms with Crippen LogP contribution < -0.4 is 110 Å². The number of hydrogen-bond donors (Lipinski definition) is 13. The van der Waals surface area contributed by atoms with Crippen molar-refractivity contribution in [3.8, 4) is 57.5 Å². The lowest BCUT2D eigenvalue weighted by molar-refractivity contribution is -0.119. The van der Waals surface area contributed by atoms with E-state index in [0.29, 0.717) is 168 Å². The maximum atomic E-state index is 13.6. The maximum absolute atomic E-state index is 13.6. The zero-order chi connectivity index (χ0) is 104. The van der Waals surface area contributed by atoms with Gasteiger partial charge in [0.25, 0.3) is 11.1 Å². The van der Waals surface area contributed by atoms with Crippen LogP contribution in [0.25, 0.3) is 33.0 Å². The largest absolute Gasteiger partial charge is 0.509 e. The number of carbonyl (C=O) groups excluding carboxylic acids is 4. The van der Waals surface area contributed by atoms with Crippen molar-refractivity contribution in [3.63, 3.8) is 0 Å². The van der Waals surface area contributed by atoms with Crippen LogP contribution in [-0.4, -0.2) is 217 Å². The number of hydrogen-bond acceptors (Lipinski definition) is 31. The number of para-hydroxylation sites is 5.